The van der Waals surface area contributed by atoms with Crippen molar-refractivity contribution >= 4 is 24.6 Å². The van der Waals surface area contributed by atoms with Crippen molar-refractivity contribution in [2.75, 3.05) is 6.61 Å². The highest BCUT2D eigenvalue weighted by Crippen LogP contribution is 2.37. The Morgan fingerprint density at radius 1 is 0.761 bits per heavy atom. The highest BCUT2D eigenvalue weighted by molar-refractivity contribution is 6.99. The quantitative estimate of drug-likeness (QED) is 0.213. The molecule has 1 aliphatic rings. The van der Waals surface area contributed by atoms with Gasteiger partial charge in [-0.2, -0.15) is 0 Å². The monoisotopic (exact) mass is 639 g/mol. The number of benzene rings is 4. The van der Waals surface area contributed by atoms with E-state index in [1.165, 1.54) is 6.92 Å². The lowest BCUT2D eigenvalue weighted by atomic mass is 9.96. The Hall–Kier alpha value is -3.63. The molecule has 1 heterocycles. The second-order valence-electron chi connectivity index (χ2n) is 12.8. The fourth-order valence-corrected chi connectivity index (χ4v) is 10.8. The molecule has 0 aromatic heterocycles. The molecule has 4 aromatic carbocycles. The van der Waals surface area contributed by atoms with Gasteiger partial charge < -0.3 is 29.1 Å². The SMILES string of the molecule is CC(=O)N[C@H]1[C@H](OCc2ccccc2)O[C@H](CO[Si](c2ccccc2)(c2ccccc2)C(C)(C)C)[C@@H](O)[C@@H]1OCc1ccccc1. The van der Waals surface area contributed by atoms with Crippen molar-refractivity contribution in [3.05, 3.63) is 132 Å². The second kappa shape index (κ2) is 15.3. The van der Waals surface area contributed by atoms with Crippen molar-refractivity contribution in [1.29, 1.82) is 0 Å². The van der Waals surface area contributed by atoms with E-state index in [1.807, 2.05) is 97.1 Å². The predicted molar refractivity (Wildman–Crippen MR) is 182 cm³/mol. The van der Waals surface area contributed by atoms with Crippen molar-refractivity contribution in [3.8, 4) is 0 Å². The Bertz CT molecular complexity index is 1460. The Balaban J connectivity index is 1.48. The zero-order valence-corrected chi connectivity index (χ0v) is 28.0. The van der Waals surface area contributed by atoms with Gasteiger partial charge in [-0.3, -0.25) is 4.79 Å². The summed E-state index contributed by atoms with van der Waals surface area (Å²) in [7, 11) is -2.93. The van der Waals surface area contributed by atoms with Crippen LogP contribution in [0.3, 0.4) is 0 Å². The van der Waals surface area contributed by atoms with Crippen molar-refractivity contribution in [3.63, 3.8) is 0 Å². The van der Waals surface area contributed by atoms with E-state index in [9.17, 15) is 9.90 Å². The van der Waals surface area contributed by atoms with Crippen molar-refractivity contribution in [2.24, 2.45) is 0 Å². The molecular formula is C38H45NO6Si. The van der Waals surface area contributed by atoms with Gasteiger partial charge >= 0.3 is 0 Å². The summed E-state index contributed by atoms with van der Waals surface area (Å²) in [6, 6.07) is 39.5. The van der Waals surface area contributed by atoms with Crippen LogP contribution in [0.4, 0.5) is 0 Å². The van der Waals surface area contributed by atoms with E-state index in [2.05, 4.69) is 50.4 Å². The van der Waals surface area contributed by atoms with Crippen LogP contribution in [0.25, 0.3) is 0 Å². The van der Waals surface area contributed by atoms with E-state index in [0.717, 1.165) is 21.5 Å². The zero-order valence-electron chi connectivity index (χ0n) is 27.0. The van der Waals surface area contributed by atoms with Crippen LogP contribution in [0.15, 0.2) is 121 Å². The van der Waals surface area contributed by atoms with Crippen LogP contribution in [-0.2, 0) is 36.6 Å². The van der Waals surface area contributed by atoms with Gasteiger partial charge in [0.1, 0.15) is 24.4 Å². The molecule has 46 heavy (non-hydrogen) atoms. The average molecular weight is 640 g/mol. The summed E-state index contributed by atoms with van der Waals surface area (Å²) in [5.74, 6) is -0.274. The van der Waals surface area contributed by atoms with E-state index >= 15 is 0 Å². The van der Waals surface area contributed by atoms with E-state index in [-0.39, 0.29) is 30.8 Å². The largest absolute Gasteiger partial charge is 0.405 e. The Kier molecular flexibility index (Phi) is 11.2. The number of amides is 1. The van der Waals surface area contributed by atoms with Crippen LogP contribution >= 0.6 is 0 Å². The maximum atomic E-state index is 12.4. The highest BCUT2D eigenvalue weighted by atomic mass is 28.4. The third-order valence-corrected chi connectivity index (χ3v) is 13.5. The van der Waals surface area contributed by atoms with Gasteiger partial charge in [0.25, 0.3) is 8.32 Å². The summed E-state index contributed by atoms with van der Waals surface area (Å²) < 4.78 is 26.4. The summed E-state index contributed by atoms with van der Waals surface area (Å²) >= 11 is 0. The third-order valence-electron chi connectivity index (χ3n) is 8.47. The number of aliphatic hydroxyl groups excluding tert-OH is 1. The topological polar surface area (TPSA) is 86.3 Å². The lowest BCUT2D eigenvalue weighted by Crippen LogP contribution is -2.69. The number of aliphatic hydroxyl groups is 1. The van der Waals surface area contributed by atoms with Crippen LogP contribution < -0.4 is 15.7 Å². The van der Waals surface area contributed by atoms with E-state index in [4.69, 9.17) is 18.6 Å². The summed E-state index contributed by atoms with van der Waals surface area (Å²) in [4.78, 5) is 12.4. The minimum absolute atomic E-state index is 0.0949. The van der Waals surface area contributed by atoms with Crippen LogP contribution in [0.1, 0.15) is 38.8 Å². The maximum Gasteiger partial charge on any atom is 0.261 e. The molecule has 242 valence electrons. The van der Waals surface area contributed by atoms with Crippen LogP contribution in [0, 0.1) is 0 Å². The molecule has 5 atom stereocenters. The lowest BCUT2D eigenvalue weighted by molar-refractivity contribution is -0.280. The van der Waals surface area contributed by atoms with Crippen LogP contribution in [-0.4, -0.2) is 56.6 Å². The molecule has 0 radical (unpaired) electrons. The molecule has 8 heteroatoms. The minimum atomic E-state index is -2.93. The van der Waals surface area contributed by atoms with Gasteiger partial charge in [-0.1, -0.05) is 142 Å². The van der Waals surface area contributed by atoms with Gasteiger partial charge in [0.2, 0.25) is 5.91 Å². The van der Waals surface area contributed by atoms with Gasteiger partial charge in [0.15, 0.2) is 6.29 Å². The first-order chi connectivity index (χ1) is 22.2. The summed E-state index contributed by atoms with van der Waals surface area (Å²) in [5.41, 5.74) is 1.91. The summed E-state index contributed by atoms with van der Waals surface area (Å²) in [5, 5.41) is 16.9. The van der Waals surface area contributed by atoms with Crippen molar-refractivity contribution < 1.29 is 28.5 Å². The van der Waals surface area contributed by atoms with E-state index in [0.29, 0.717) is 0 Å². The number of nitrogens with one attached hydrogen (secondary N) is 1. The maximum absolute atomic E-state index is 12.4. The van der Waals surface area contributed by atoms with E-state index < -0.39 is 39.0 Å². The molecule has 1 saturated heterocycles. The van der Waals surface area contributed by atoms with E-state index in [1.54, 1.807) is 0 Å². The molecule has 0 saturated carbocycles. The second-order valence-corrected chi connectivity index (χ2v) is 17.1. The number of hydrogen-bond acceptors (Lipinski definition) is 6. The molecular weight excluding hydrogens is 595 g/mol. The average Bonchev–Trinajstić information content (AvgIpc) is 3.06. The van der Waals surface area contributed by atoms with Gasteiger partial charge in [-0.25, -0.2) is 0 Å². The van der Waals surface area contributed by atoms with Gasteiger partial charge in [0, 0.05) is 6.92 Å². The molecule has 0 bridgehead atoms. The number of carbonyl (C=O) groups is 1. The molecule has 7 nitrogen and oxygen atoms in total. The first-order valence-corrected chi connectivity index (χ1v) is 17.8. The summed E-state index contributed by atoms with van der Waals surface area (Å²) in [6.07, 6.45) is -3.64. The third kappa shape index (κ3) is 7.83. The number of rotatable bonds is 12. The molecule has 1 amide bonds. The Labute approximate surface area is 273 Å². The highest BCUT2D eigenvalue weighted by Gasteiger charge is 2.53. The smallest absolute Gasteiger partial charge is 0.261 e. The van der Waals surface area contributed by atoms with Gasteiger partial charge in [-0.05, 0) is 26.5 Å². The number of carbonyl (C=O) groups excluding carboxylic acids is 1. The van der Waals surface area contributed by atoms with Gasteiger partial charge in [-0.15, -0.1) is 0 Å². The minimum Gasteiger partial charge on any atom is -0.405 e. The predicted octanol–water partition coefficient (Wildman–Crippen LogP) is 4.96. The normalized spacial score (nSPS) is 21.9. The number of hydrogen-bond donors (Lipinski definition) is 2. The first kappa shape index (κ1) is 33.7. The van der Waals surface area contributed by atoms with Crippen LogP contribution in [0.5, 0.6) is 0 Å². The number of ether oxygens (including phenoxy) is 3. The Morgan fingerprint density at radius 3 is 1.67 bits per heavy atom. The fourth-order valence-electron chi connectivity index (χ4n) is 6.27. The van der Waals surface area contributed by atoms with Crippen molar-refractivity contribution in [1.82, 2.24) is 5.32 Å². The zero-order chi connectivity index (χ0) is 32.6. The van der Waals surface area contributed by atoms with Crippen LogP contribution in [0.2, 0.25) is 5.04 Å². The molecule has 0 unspecified atom stereocenters. The molecule has 1 fully saturated rings. The van der Waals surface area contributed by atoms with Crippen molar-refractivity contribution in [2.45, 2.75) is 76.6 Å². The molecule has 5 rings (SSSR count). The lowest BCUT2D eigenvalue weighted by Gasteiger charge is -2.47. The Morgan fingerprint density at radius 2 is 1.22 bits per heavy atom. The molecule has 4 aromatic rings. The molecule has 0 spiro atoms. The molecule has 2 N–H and O–H groups in total. The molecule has 0 aliphatic carbocycles. The first-order valence-electron chi connectivity index (χ1n) is 15.9. The summed E-state index contributed by atoms with van der Waals surface area (Å²) in [6.45, 7) is 8.66. The standard InChI is InChI=1S/C38H45NO6Si/c1-28(40)39-34-36(42-25-29-17-9-5-10-18-29)35(41)33(45-37(34)43-26-30-19-11-6-12-20-30)27-44-46(38(2,3)4,31-21-13-7-14-22-31)32-23-15-8-16-24-32/h5-24,33-37,41H,25-27H2,1-4H3,(H,39,40)/t33-,34-,35-,36-,37-/m1/s1. The van der Waals surface area contributed by atoms with Gasteiger partial charge in [0.05, 0.1) is 19.8 Å². The fraction of sp³-hybridized carbons (Fsp3) is 0.342. The molecule has 1 aliphatic heterocycles.